The Morgan fingerprint density at radius 1 is 0.388 bits per heavy atom. The number of furan rings is 1. The van der Waals surface area contributed by atoms with Crippen LogP contribution in [-0.4, -0.2) is 0 Å². The van der Waals surface area contributed by atoms with E-state index in [1.54, 1.807) is 0 Å². The van der Waals surface area contributed by atoms with Gasteiger partial charge in [-0.15, -0.1) is 11.3 Å². The van der Waals surface area contributed by atoms with Crippen molar-refractivity contribution >= 4 is 81.3 Å². The summed E-state index contributed by atoms with van der Waals surface area (Å²) in [5.74, 6) is 0. The summed E-state index contributed by atoms with van der Waals surface area (Å²) in [5, 5.41) is 7.34. The molecule has 0 bridgehead atoms. The molecular weight excluding hydrogens is 615 g/mol. The monoisotopic (exact) mass is 643 g/mol. The van der Waals surface area contributed by atoms with Crippen molar-refractivity contribution in [1.82, 2.24) is 0 Å². The molecule has 8 aromatic carbocycles. The summed E-state index contributed by atoms with van der Waals surface area (Å²) in [6, 6.07) is 63.1. The molecule has 0 fully saturated rings. The summed E-state index contributed by atoms with van der Waals surface area (Å²) in [6.07, 6.45) is 0. The van der Waals surface area contributed by atoms with Crippen molar-refractivity contribution in [2.24, 2.45) is 0 Å². The molecule has 2 nitrogen and oxygen atoms in total. The fourth-order valence-corrected chi connectivity index (χ4v) is 8.66. The average Bonchev–Trinajstić information content (AvgIpc) is 3.76. The first-order valence-corrected chi connectivity index (χ1v) is 17.4. The Morgan fingerprint density at radius 3 is 1.84 bits per heavy atom. The van der Waals surface area contributed by atoms with E-state index in [0.29, 0.717) is 0 Å². The molecule has 0 atom stereocenters. The zero-order valence-electron chi connectivity index (χ0n) is 26.5. The second kappa shape index (κ2) is 11.2. The summed E-state index contributed by atoms with van der Waals surface area (Å²) in [6.45, 7) is 0. The average molecular weight is 644 g/mol. The van der Waals surface area contributed by atoms with Crippen LogP contribution < -0.4 is 4.90 Å². The lowest BCUT2D eigenvalue weighted by Crippen LogP contribution is -2.10. The van der Waals surface area contributed by atoms with E-state index in [2.05, 4.69) is 175 Å². The molecule has 0 amide bonds. The third-order valence-electron chi connectivity index (χ3n) is 9.66. The van der Waals surface area contributed by atoms with Gasteiger partial charge in [0.2, 0.25) is 0 Å². The Hall–Kier alpha value is -6.16. The van der Waals surface area contributed by atoms with E-state index in [0.717, 1.165) is 39.0 Å². The highest BCUT2D eigenvalue weighted by molar-refractivity contribution is 7.27. The number of benzene rings is 8. The molecule has 10 rings (SSSR count). The Balaban J connectivity index is 1.19. The number of rotatable bonds is 5. The van der Waals surface area contributed by atoms with Crippen LogP contribution in [0.1, 0.15) is 0 Å². The van der Waals surface area contributed by atoms with Crippen LogP contribution in [0.15, 0.2) is 180 Å². The zero-order chi connectivity index (χ0) is 32.3. The van der Waals surface area contributed by atoms with Crippen LogP contribution in [0.3, 0.4) is 0 Å². The minimum absolute atomic E-state index is 0.881. The van der Waals surface area contributed by atoms with Gasteiger partial charge in [-0.25, -0.2) is 0 Å². The van der Waals surface area contributed by atoms with Gasteiger partial charge in [0.25, 0.3) is 0 Å². The number of hydrogen-bond acceptors (Lipinski definition) is 3. The molecule has 0 aliphatic heterocycles. The Bertz CT molecular complexity index is 2830. The molecule has 2 heterocycles. The van der Waals surface area contributed by atoms with Crippen molar-refractivity contribution in [2.45, 2.75) is 0 Å². The van der Waals surface area contributed by atoms with E-state index >= 15 is 0 Å². The minimum Gasteiger partial charge on any atom is -0.454 e. The van der Waals surface area contributed by atoms with Gasteiger partial charge >= 0.3 is 0 Å². The third-order valence-corrected chi connectivity index (χ3v) is 10.9. The van der Waals surface area contributed by atoms with Crippen LogP contribution in [0, 0.1) is 0 Å². The fraction of sp³-hybridized carbons (Fsp3) is 0. The van der Waals surface area contributed by atoms with Crippen molar-refractivity contribution in [3.05, 3.63) is 176 Å². The normalized spacial score (nSPS) is 11.7. The van der Waals surface area contributed by atoms with Crippen LogP contribution in [-0.2, 0) is 0 Å². The minimum atomic E-state index is 0.881. The van der Waals surface area contributed by atoms with Crippen LogP contribution in [0.25, 0.3) is 75.1 Å². The maximum atomic E-state index is 6.65. The van der Waals surface area contributed by atoms with Gasteiger partial charge in [0.15, 0.2) is 5.58 Å². The predicted octanol–water partition coefficient (Wildman–Crippen LogP) is 13.9. The molecule has 10 aromatic rings. The van der Waals surface area contributed by atoms with E-state index in [1.807, 2.05) is 17.4 Å². The van der Waals surface area contributed by atoms with E-state index in [-0.39, 0.29) is 0 Å². The molecular formula is C46H29NOS. The Kier molecular flexibility index (Phi) is 6.39. The number of fused-ring (bicyclic) bond motifs is 8. The van der Waals surface area contributed by atoms with Gasteiger partial charge in [0.05, 0.1) is 16.1 Å². The van der Waals surface area contributed by atoms with Gasteiger partial charge in [0, 0.05) is 31.9 Å². The molecule has 0 N–H and O–H groups in total. The lowest BCUT2D eigenvalue weighted by atomic mass is 9.99. The highest BCUT2D eigenvalue weighted by Crippen LogP contribution is 2.48. The maximum absolute atomic E-state index is 6.65. The van der Waals surface area contributed by atoms with Crippen molar-refractivity contribution in [2.75, 3.05) is 4.90 Å². The first-order chi connectivity index (χ1) is 24.3. The Morgan fingerprint density at radius 2 is 1.00 bits per heavy atom. The second-order valence-corrected chi connectivity index (χ2v) is 13.5. The topological polar surface area (TPSA) is 16.4 Å². The molecule has 0 spiro atoms. The number of nitrogens with zero attached hydrogens (tertiary/aromatic N) is 1. The highest BCUT2D eigenvalue weighted by Gasteiger charge is 2.22. The summed E-state index contributed by atoms with van der Waals surface area (Å²) in [7, 11) is 0. The quantitative estimate of drug-likeness (QED) is 0.186. The van der Waals surface area contributed by atoms with Crippen molar-refractivity contribution < 1.29 is 4.42 Å². The predicted molar refractivity (Wildman–Crippen MR) is 210 cm³/mol. The highest BCUT2D eigenvalue weighted by atomic mass is 32.1. The molecule has 0 unspecified atom stereocenters. The summed E-state index contributed by atoms with van der Waals surface area (Å²) < 4.78 is 9.21. The van der Waals surface area contributed by atoms with E-state index < -0.39 is 0 Å². The second-order valence-electron chi connectivity index (χ2n) is 12.5. The molecule has 230 valence electrons. The molecule has 0 aliphatic rings. The van der Waals surface area contributed by atoms with Gasteiger partial charge in [-0.3, -0.25) is 0 Å². The molecule has 0 radical (unpaired) electrons. The molecule has 0 saturated heterocycles. The lowest BCUT2D eigenvalue weighted by molar-refractivity contribution is 0.669. The van der Waals surface area contributed by atoms with Crippen LogP contribution in [0.4, 0.5) is 17.1 Å². The van der Waals surface area contributed by atoms with Crippen LogP contribution >= 0.6 is 11.3 Å². The zero-order valence-corrected chi connectivity index (χ0v) is 27.3. The van der Waals surface area contributed by atoms with E-state index in [4.69, 9.17) is 4.42 Å². The fourth-order valence-electron chi connectivity index (χ4n) is 7.32. The SMILES string of the molecule is c1ccc(-c2cccc(-c3ccc(N(c4cccc5c4oc4ccccc45)c4cccc5c4sc4c6ccccc6ccc54)cc3)c2)cc1. The van der Waals surface area contributed by atoms with Crippen molar-refractivity contribution in [3.63, 3.8) is 0 Å². The number of hydrogen-bond donors (Lipinski definition) is 0. The van der Waals surface area contributed by atoms with Crippen LogP contribution in [0.2, 0.25) is 0 Å². The first kappa shape index (κ1) is 27.9. The van der Waals surface area contributed by atoms with E-state index in [1.165, 1.54) is 53.2 Å². The van der Waals surface area contributed by atoms with Gasteiger partial charge in [-0.2, -0.15) is 0 Å². The first-order valence-electron chi connectivity index (χ1n) is 16.6. The van der Waals surface area contributed by atoms with E-state index in [9.17, 15) is 0 Å². The Labute approximate surface area is 287 Å². The molecule has 0 aliphatic carbocycles. The number of anilines is 3. The number of thiophene rings is 1. The number of para-hydroxylation sites is 2. The smallest absolute Gasteiger partial charge is 0.159 e. The van der Waals surface area contributed by atoms with Crippen molar-refractivity contribution in [3.8, 4) is 22.3 Å². The van der Waals surface area contributed by atoms with Crippen LogP contribution in [0.5, 0.6) is 0 Å². The molecule has 0 saturated carbocycles. The molecule has 2 aromatic heterocycles. The molecule has 3 heteroatoms. The van der Waals surface area contributed by atoms with Crippen molar-refractivity contribution in [1.29, 1.82) is 0 Å². The largest absolute Gasteiger partial charge is 0.454 e. The van der Waals surface area contributed by atoms with Gasteiger partial charge in [-0.05, 0) is 69.4 Å². The summed E-state index contributed by atoms with van der Waals surface area (Å²) >= 11 is 1.87. The third kappa shape index (κ3) is 4.55. The van der Waals surface area contributed by atoms with Gasteiger partial charge in [0.1, 0.15) is 5.58 Å². The maximum Gasteiger partial charge on any atom is 0.159 e. The molecule has 49 heavy (non-hydrogen) atoms. The van der Waals surface area contributed by atoms with Gasteiger partial charge in [-0.1, -0.05) is 140 Å². The van der Waals surface area contributed by atoms with Gasteiger partial charge < -0.3 is 9.32 Å². The standard InChI is InChI=1S/C46H29NOS/c1-2-11-30(12-3-1)33-14-8-15-34(29-33)31-23-26-35(27-24-31)47(41-20-9-18-38-37-17-6-7-22-43(37)48-44(38)41)42-21-10-19-39-40-28-25-32-13-4-5-16-36(32)45(40)49-46(39)42/h1-29H. The lowest BCUT2D eigenvalue weighted by Gasteiger charge is -2.26. The summed E-state index contributed by atoms with van der Waals surface area (Å²) in [5.41, 5.74) is 9.80. The summed E-state index contributed by atoms with van der Waals surface area (Å²) in [4.78, 5) is 2.38.